The summed E-state index contributed by atoms with van der Waals surface area (Å²) in [5.41, 5.74) is 1.21. The van der Waals surface area contributed by atoms with Crippen molar-refractivity contribution < 1.29 is 18.3 Å². The van der Waals surface area contributed by atoms with E-state index in [1.54, 1.807) is 11.8 Å². The molecule has 6 heteroatoms. The minimum Gasteiger partial charge on any atom is -0.383 e. The zero-order valence-electron chi connectivity index (χ0n) is 11.9. The third kappa shape index (κ3) is 4.37. The SMILES string of the molecule is CSc1ccccc1CN1CCC(C(O)C(F)(F)F)CC1. The first-order valence-electron chi connectivity index (χ1n) is 7.01. The fourth-order valence-corrected chi connectivity index (χ4v) is 3.38. The lowest BCUT2D eigenvalue weighted by Crippen LogP contribution is -2.43. The van der Waals surface area contributed by atoms with Gasteiger partial charge >= 0.3 is 6.18 Å². The zero-order valence-corrected chi connectivity index (χ0v) is 12.8. The highest BCUT2D eigenvalue weighted by Gasteiger charge is 2.44. The second-order valence-corrected chi connectivity index (χ2v) is 6.26. The molecule has 0 radical (unpaired) electrons. The van der Waals surface area contributed by atoms with Gasteiger partial charge in [-0.25, -0.2) is 0 Å². The Morgan fingerprint density at radius 2 is 1.90 bits per heavy atom. The maximum atomic E-state index is 12.5. The van der Waals surface area contributed by atoms with Gasteiger partial charge in [-0.05, 0) is 49.7 Å². The molecular formula is C15H20F3NOS. The Labute approximate surface area is 127 Å². The Morgan fingerprint density at radius 1 is 1.29 bits per heavy atom. The Bertz CT molecular complexity index is 458. The van der Waals surface area contributed by atoms with E-state index in [0.717, 1.165) is 6.54 Å². The predicted octanol–water partition coefficient (Wildman–Crippen LogP) is 3.54. The lowest BCUT2D eigenvalue weighted by molar-refractivity contribution is -0.223. The van der Waals surface area contributed by atoms with E-state index >= 15 is 0 Å². The lowest BCUT2D eigenvalue weighted by atomic mass is 9.90. The average molecular weight is 319 g/mol. The number of aliphatic hydroxyl groups excluding tert-OH is 1. The monoisotopic (exact) mass is 319 g/mol. The van der Waals surface area contributed by atoms with Crippen LogP contribution in [0, 0.1) is 5.92 Å². The molecule has 1 fully saturated rings. The third-order valence-electron chi connectivity index (χ3n) is 4.00. The Morgan fingerprint density at radius 3 is 2.48 bits per heavy atom. The summed E-state index contributed by atoms with van der Waals surface area (Å²) >= 11 is 1.68. The molecule has 2 nitrogen and oxygen atoms in total. The van der Waals surface area contributed by atoms with Gasteiger partial charge in [-0.3, -0.25) is 4.90 Å². The second kappa shape index (κ2) is 7.03. The summed E-state index contributed by atoms with van der Waals surface area (Å²) < 4.78 is 37.5. The van der Waals surface area contributed by atoms with Gasteiger partial charge in [0.15, 0.2) is 6.10 Å². The third-order valence-corrected chi connectivity index (χ3v) is 4.84. The van der Waals surface area contributed by atoms with E-state index in [-0.39, 0.29) is 0 Å². The van der Waals surface area contributed by atoms with E-state index in [1.807, 2.05) is 18.4 Å². The highest BCUT2D eigenvalue weighted by molar-refractivity contribution is 7.98. The molecule has 21 heavy (non-hydrogen) atoms. The van der Waals surface area contributed by atoms with Gasteiger partial charge in [0.2, 0.25) is 0 Å². The number of likely N-dealkylation sites (tertiary alicyclic amines) is 1. The maximum absolute atomic E-state index is 12.5. The molecule has 1 unspecified atom stereocenters. The van der Waals surface area contributed by atoms with Gasteiger partial charge in [-0.2, -0.15) is 13.2 Å². The number of rotatable bonds is 4. The quantitative estimate of drug-likeness (QED) is 0.859. The zero-order chi connectivity index (χ0) is 15.5. The number of piperidine rings is 1. The molecule has 118 valence electrons. The molecule has 0 saturated carbocycles. The molecule has 1 aromatic rings. The van der Waals surface area contributed by atoms with E-state index in [9.17, 15) is 18.3 Å². The fraction of sp³-hybridized carbons (Fsp3) is 0.600. The second-order valence-electron chi connectivity index (χ2n) is 5.41. The molecular weight excluding hydrogens is 299 g/mol. The van der Waals surface area contributed by atoms with Gasteiger partial charge in [0, 0.05) is 11.4 Å². The smallest absolute Gasteiger partial charge is 0.383 e. The normalized spacial score (nSPS) is 19.7. The molecule has 1 heterocycles. The van der Waals surface area contributed by atoms with Crippen molar-refractivity contribution in [3.05, 3.63) is 29.8 Å². The first kappa shape index (κ1) is 16.6. The van der Waals surface area contributed by atoms with Crippen LogP contribution in [0.4, 0.5) is 13.2 Å². The largest absolute Gasteiger partial charge is 0.414 e. The van der Waals surface area contributed by atoms with Crippen LogP contribution in [0.2, 0.25) is 0 Å². The fourth-order valence-electron chi connectivity index (χ4n) is 2.77. The van der Waals surface area contributed by atoms with Crippen molar-refractivity contribution in [1.29, 1.82) is 0 Å². The number of nitrogens with zero attached hydrogens (tertiary/aromatic N) is 1. The van der Waals surface area contributed by atoms with Crippen LogP contribution in [-0.2, 0) is 6.54 Å². The van der Waals surface area contributed by atoms with Crippen molar-refractivity contribution in [2.45, 2.75) is 36.6 Å². The number of hydrogen-bond donors (Lipinski definition) is 1. The summed E-state index contributed by atoms with van der Waals surface area (Å²) in [7, 11) is 0. The molecule has 2 rings (SSSR count). The first-order valence-corrected chi connectivity index (χ1v) is 8.23. The average Bonchev–Trinajstić information content (AvgIpc) is 2.47. The summed E-state index contributed by atoms with van der Waals surface area (Å²) in [6, 6.07) is 8.08. The summed E-state index contributed by atoms with van der Waals surface area (Å²) in [5.74, 6) is -0.669. The van der Waals surface area contributed by atoms with Crippen molar-refractivity contribution in [2.24, 2.45) is 5.92 Å². The molecule has 1 aliphatic heterocycles. The topological polar surface area (TPSA) is 23.5 Å². The first-order chi connectivity index (χ1) is 9.91. The number of alkyl halides is 3. The van der Waals surface area contributed by atoms with Crippen LogP contribution in [0.25, 0.3) is 0 Å². The molecule has 0 aromatic heterocycles. The molecule has 1 aliphatic rings. The van der Waals surface area contributed by atoms with Crippen molar-refractivity contribution in [3.63, 3.8) is 0 Å². The van der Waals surface area contributed by atoms with Crippen LogP contribution in [0.1, 0.15) is 18.4 Å². The molecule has 1 N–H and O–H groups in total. The molecule has 0 aliphatic carbocycles. The van der Waals surface area contributed by atoms with Gasteiger partial charge in [-0.15, -0.1) is 11.8 Å². The number of hydrogen-bond acceptors (Lipinski definition) is 3. The minimum atomic E-state index is -4.50. The molecule has 1 aromatic carbocycles. The molecule has 1 atom stereocenters. The maximum Gasteiger partial charge on any atom is 0.414 e. The Kier molecular flexibility index (Phi) is 5.57. The minimum absolute atomic E-state index is 0.391. The molecule has 0 bridgehead atoms. The number of aliphatic hydroxyl groups is 1. The van der Waals surface area contributed by atoms with Gasteiger partial charge in [0.25, 0.3) is 0 Å². The van der Waals surface area contributed by atoms with Gasteiger partial charge in [0.1, 0.15) is 0 Å². The van der Waals surface area contributed by atoms with Gasteiger partial charge in [0.05, 0.1) is 0 Å². The van der Waals surface area contributed by atoms with Crippen molar-refractivity contribution >= 4 is 11.8 Å². The highest BCUT2D eigenvalue weighted by Crippen LogP contribution is 2.32. The van der Waals surface area contributed by atoms with Gasteiger partial charge < -0.3 is 5.11 Å². The summed E-state index contributed by atoms with van der Waals surface area (Å²) in [4.78, 5) is 3.37. The molecule has 1 saturated heterocycles. The van der Waals surface area contributed by atoms with Crippen molar-refractivity contribution in [3.8, 4) is 0 Å². The van der Waals surface area contributed by atoms with Crippen molar-refractivity contribution in [2.75, 3.05) is 19.3 Å². The van der Waals surface area contributed by atoms with Gasteiger partial charge in [-0.1, -0.05) is 18.2 Å². The molecule has 0 amide bonds. The van der Waals surface area contributed by atoms with Crippen LogP contribution in [-0.4, -0.2) is 41.6 Å². The van der Waals surface area contributed by atoms with Crippen LogP contribution in [0.5, 0.6) is 0 Å². The lowest BCUT2D eigenvalue weighted by Gasteiger charge is -2.35. The Hall–Kier alpha value is -0.720. The highest BCUT2D eigenvalue weighted by atomic mass is 32.2. The number of thioether (sulfide) groups is 1. The summed E-state index contributed by atoms with van der Waals surface area (Å²) in [6.07, 6.45) is -3.88. The summed E-state index contributed by atoms with van der Waals surface area (Å²) in [6.45, 7) is 1.95. The Balaban J connectivity index is 1.90. The number of halogens is 3. The van der Waals surface area contributed by atoms with Crippen LogP contribution >= 0.6 is 11.8 Å². The van der Waals surface area contributed by atoms with E-state index in [0.29, 0.717) is 25.9 Å². The predicted molar refractivity (Wildman–Crippen MR) is 78.3 cm³/mol. The number of benzene rings is 1. The van der Waals surface area contributed by atoms with Crippen LogP contribution in [0.3, 0.4) is 0 Å². The van der Waals surface area contributed by atoms with E-state index in [1.165, 1.54) is 10.5 Å². The summed E-state index contributed by atoms with van der Waals surface area (Å²) in [5, 5.41) is 9.32. The van der Waals surface area contributed by atoms with Crippen LogP contribution < -0.4 is 0 Å². The molecule has 0 spiro atoms. The van der Waals surface area contributed by atoms with E-state index in [4.69, 9.17) is 0 Å². The standard InChI is InChI=1S/C15H20F3NOS/c1-21-13-5-3-2-4-12(13)10-19-8-6-11(7-9-19)14(20)15(16,17)18/h2-5,11,14,20H,6-10H2,1H3. The van der Waals surface area contributed by atoms with E-state index < -0.39 is 18.2 Å². The van der Waals surface area contributed by atoms with Crippen molar-refractivity contribution in [1.82, 2.24) is 4.90 Å². The van der Waals surface area contributed by atoms with Crippen LogP contribution in [0.15, 0.2) is 29.2 Å². The van der Waals surface area contributed by atoms with E-state index in [2.05, 4.69) is 17.0 Å².